The van der Waals surface area contributed by atoms with Crippen molar-refractivity contribution in [3.8, 4) is 22.8 Å². The van der Waals surface area contributed by atoms with E-state index < -0.39 is 5.91 Å². The number of nitrogens with zero attached hydrogens (tertiary/aromatic N) is 2. The Labute approximate surface area is 143 Å². The molecular formula is C13H12Br2N4O3. The first-order chi connectivity index (χ1) is 10.5. The van der Waals surface area contributed by atoms with Crippen molar-refractivity contribution in [1.82, 2.24) is 15.4 Å². The Morgan fingerprint density at radius 1 is 1.45 bits per heavy atom. The van der Waals surface area contributed by atoms with Gasteiger partial charge in [-0.05, 0) is 37.9 Å². The van der Waals surface area contributed by atoms with Gasteiger partial charge in [0.05, 0.1) is 11.6 Å². The lowest BCUT2D eigenvalue weighted by Gasteiger charge is -2.15. The number of nitrogens with two attached hydrogens (primary N) is 1. The van der Waals surface area contributed by atoms with Crippen molar-refractivity contribution in [2.75, 3.05) is 13.7 Å². The minimum atomic E-state index is -0.683. The molecule has 0 spiro atoms. The number of rotatable bonds is 6. The van der Waals surface area contributed by atoms with Gasteiger partial charge in [-0.25, -0.2) is 0 Å². The fourth-order valence-corrected chi connectivity index (χ4v) is 2.78. The van der Waals surface area contributed by atoms with Crippen molar-refractivity contribution in [3.63, 3.8) is 0 Å². The largest absolute Gasteiger partial charge is 0.493 e. The molecule has 22 heavy (non-hydrogen) atoms. The predicted octanol–water partition coefficient (Wildman–Crippen LogP) is 2.67. The summed E-state index contributed by atoms with van der Waals surface area (Å²) < 4.78 is 12.2. The van der Waals surface area contributed by atoms with Gasteiger partial charge in [0.2, 0.25) is 0 Å². The van der Waals surface area contributed by atoms with Gasteiger partial charge < -0.3 is 15.2 Å². The van der Waals surface area contributed by atoms with Crippen LogP contribution in [0.5, 0.6) is 11.5 Å². The number of hydrogen-bond donors (Lipinski definition) is 2. The van der Waals surface area contributed by atoms with E-state index in [2.05, 4.69) is 53.8 Å². The number of halogens is 2. The van der Waals surface area contributed by atoms with Crippen LogP contribution >= 0.6 is 31.9 Å². The molecule has 9 heteroatoms. The molecule has 0 atom stereocenters. The van der Waals surface area contributed by atoms with Gasteiger partial charge in [0.1, 0.15) is 12.3 Å². The lowest BCUT2D eigenvalue weighted by Crippen LogP contribution is -2.13. The van der Waals surface area contributed by atoms with Crippen molar-refractivity contribution in [2.24, 2.45) is 5.73 Å². The second-order valence-corrected chi connectivity index (χ2v) is 5.65. The van der Waals surface area contributed by atoms with Crippen LogP contribution in [0.4, 0.5) is 0 Å². The van der Waals surface area contributed by atoms with Crippen molar-refractivity contribution in [1.29, 1.82) is 0 Å². The summed E-state index contributed by atoms with van der Waals surface area (Å²) in [6.07, 6.45) is 1.62. The van der Waals surface area contributed by atoms with Crippen LogP contribution in [-0.4, -0.2) is 35.0 Å². The summed E-state index contributed by atoms with van der Waals surface area (Å²) in [5.41, 5.74) is 6.23. The lowest BCUT2D eigenvalue weighted by atomic mass is 10.1. The van der Waals surface area contributed by atoms with Gasteiger partial charge in [-0.3, -0.25) is 4.79 Å². The molecule has 0 aliphatic rings. The quantitative estimate of drug-likeness (QED) is 0.684. The third-order valence-corrected chi connectivity index (χ3v) is 4.84. The highest BCUT2D eigenvalue weighted by molar-refractivity contribution is 9.13. The van der Waals surface area contributed by atoms with Crippen molar-refractivity contribution < 1.29 is 14.3 Å². The Hall–Kier alpha value is -1.87. The second kappa shape index (κ2) is 6.93. The molecule has 1 heterocycles. The first-order valence-corrected chi connectivity index (χ1v) is 7.60. The topological polar surface area (TPSA) is 103 Å². The number of hydrogen-bond acceptors (Lipinski definition) is 5. The summed E-state index contributed by atoms with van der Waals surface area (Å²) in [5.74, 6) is 0.283. The van der Waals surface area contributed by atoms with Crippen molar-refractivity contribution in [3.05, 3.63) is 33.4 Å². The zero-order valence-corrected chi connectivity index (χ0v) is 14.7. The molecule has 2 rings (SSSR count). The maximum Gasteiger partial charge on any atom is 0.271 e. The number of carbonyl (C=O) groups excluding carboxylic acids is 1. The van der Waals surface area contributed by atoms with E-state index in [9.17, 15) is 4.79 Å². The van der Waals surface area contributed by atoms with E-state index in [0.29, 0.717) is 38.3 Å². The normalized spacial score (nSPS) is 10.3. The zero-order valence-electron chi connectivity index (χ0n) is 11.5. The molecule has 0 radical (unpaired) electrons. The first-order valence-electron chi connectivity index (χ1n) is 6.01. The first kappa shape index (κ1) is 16.5. The van der Waals surface area contributed by atoms with Gasteiger partial charge in [0.15, 0.2) is 17.2 Å². The van der Waals surface area contributed by atoms with Gasteiger partial charge in [-0.2, -0.15) is 15.4 Å². The number of nitrogens with one attached hydrogen (secondary N) is 1. The Morgan fingerprint density at radius 3 is 2.77 bits per heavy atom. The van der Waals surface area contributed by atoms with Crippen molar-refractivity contribution in [2.45, 2.75) is 0 Å². The summed E-state index contributed by atoms with van der Waals surface area (Å²) in [5, 5.41) is 10.1. The Bertz CT molecular complexity index is 730. The minimum Gasteiger partial charge on any atom is -0.493 e. The summed E-state index contributed by atoms with van der Waals surface area (Å²) in [6.45, 7) is 3.92. The summed E-state index contributed by atoms with van der Waals surface area (Å²) in [4.78, 5) is 11.4. The molecule has 7 nitrogen and oxygen atoms in total. The van der Waals surface area contributed by atoms with E-state index in [-0.39, 0.29) is 5.69 Å². The number of H-pyrrole nitrogens is 1. The molecule has 1 aromatic carbocycles. The van der Waals surface area contributed by atoms with Crippen LogP contribution in [0, 0.1) is 0 Å². The molecule has 0 fully saturated rings. The van der Waals surface area contributed by atoms with Gasteiger partial charge in [0, 0.05) is 10.0 Å². The molecule has 2 aromatic rings. The monoisotopic (exact) mass is 430 g/mol. The third-order valence-electron chi connectivity index (χ3n) is 2.73. The molecule has 0 unspecified atom stereocenters. The van der Waals surface area contributed by atoms with Crippen LogP contribution < -0.4 is 15.2 Å². The average molecular weight is 432 g/mol. The minimum absolute atomic E-state index is 0.0365. The molecule has 1 amide bonds. The summed E-state index contributed by atoms with van der Waals surface area (Å²) in [6, 6.07) is 1.68. The highest BCUT2D eigenvalue weighted by Crippen LogP contribution is 2.46. The lowest BCUT2D eigenvalue weighted by molar-refractivity contribution is 0.0996. The van der Waals surface area contributed by atoms with Crippen LogP contribution in [-0.2, 0) is 0 Å². The molecule has 0 bridgehead atoms. The molecule has 116 valence electrons. The zero-order chi connectivity index (χ0) is 16.3. The molecular weight excluding hydrogens is 420 g/mol. The second-order valence-electron chi connectivity index (χ2n) is 4.07. The standard InChI is InChI=1S/C13H12Br2N4O3/c1-3-4-22-12-7(21-2)5-6(8(14)9(12)15)10-11(13(16)20)18-19-17-10/h3,5H,1,4H2,2H3,(H2,16,20)(H,17,18,19). The summed E-state index contributed by atoms with van der Waals surface area (Å²) >= 11 is 6.89. The van der Waals surface area contributed by atoms with Crippen LogP contribution in [0.1, 0.15) is 10.5 Å². The van der Waals surface area contributed by atoms with E-state index in [1.165, 1.54) is 7.11 Å². The highest BCUT2D eigenvalue weighted by Gasteiger charge is 2.23. The molecule has 0 saturated carbocycles. The van der Waals surface area contributed by atoms with Gasteiger partial charge >= 0.3 is 0 Å². The molecule has 1 aromatic heterocycles. The number of aromatic nitrogens is 3. The SMILES string of the molecule is C=CCOc1c(OC)cc(-c2n[nH]nc2C(N)=O)c(Br)c1Br. The van der Waals surface area contributed by atoms with E-state index >= 15 is 0 Å². The fraction of sp³-hybridized carbons (Fsp3) is 0.154. The van der Waals surface area contributed by atoms with Crippen LogP contribution in [0.2, 0.25) is 0 Å². The Balaban J connectivity index is 2.63. The number of benzene rings is 1. The molecule has 0 aliphatic heterocycles. The number of carbonyl (C=O) groups is 1. The maximum absolute atomic E-state index is 11.4. The number of primary amides is 1. The molecule has 0 aliphatic carbocycles. The Morgan fingerprint density at radius 2 is 2.18 bits per heavy atom. The number of ether oxygens (including phenoxy) is 2. The van der Waals surface area contributed by atoms with Crippen LogP contribution in [0.3, 0.4) is 0 Å². The maximum atomic E-state index is 11.4. The van der Waals surface area contributed by atoms with Gasteiger partial charge in [-0.15, -0.1) is 0 Å². The third kappa shape index (κ3) is 3.00. The van der Waals surface area contributed by atoms with E-state index in [0.717, 1.165) is 0 Å². The van der Waals surface area contributed by atoms with E-state index in [1.807, 2.05) is 0 Å². The van der Waals surface area contributed by atoms with Gasteiger partial charge in [-0.1, -0.05) is 12.7 Å². The predicted molar refractivity (Wildman–Crippen MR) is 88.0 cm³/mol. The average Bonchev–Trinajstić information content (AvgIpc) is 2.98. The van der Waals surface area contributed by atoms with Crippen molar-refractivity contribution >= 4 is 37.8 Å². The number of aromatic amines is 1. The molecule has 3 N–H and O–H groups in total. The van der Waals surface area contributed by atoms with E-state index in [1.54, 1.807) is 12.1 Å². The van der Waals surface area contributed by atoms with Crippen LogP contribution in [0.25, 0.3) is 11.3 Å². The van der Waals surface area contributed by atoms with Crippen LogP contribution in [0.15, 0.2) is 27.7 Å². The smallest absolute Gasteiger partial charge is 0.271 e. The van der Waals surface area contributed by atoms with Gasteiger partial charge in [0.25, 0.3) is 5.91 Å². The number of methoxy groups -OCH3 is 1. The number of amides is 1. The highest BCUT2D eigenvalue weighted by atomic mass is 79.9. The van der Waals surface area contributed by atoms with E-state index in [4.69, 9.17) is 15.2 Å². The Kier molecular flexibility index (Phi) is 5.19. The molecule has 0 saturated heterocycles. The fourth-order valence-electron chi connectivity index (χ4n) is 1.78. The summed E-state index contributed by atoms with van der Waals surface area (Å²) in [7, 11) is 1.51.